The van der Waals surface area contributed by atoms with E-state index in [1.54, 1.807) is 31.5 Å². The molecule has 0 aromatic carbocycles. The van der Waals surface area contributed by atoms with Crippen LogP contribution in [0.25, 0.3) is 0 Å². The van der Waals surface area contributed by atoms with Gasteiger partial charge in [0.1, 0.15) is 0 Å². The summed E-state index contributed by atoms with van der Waals surface area (Å²) in [6, 6.07) is 3.29. The summed E-state index contributed by atoms with van der Waals surface area (Å²) in [5.41, 5.74) is -0.322. The van der Waals surface area contributed by atoms with Crippen molar-refractivity contribution in [3.63, 3.8) is 0 Å². The molecule has 0 spiro atoms. The standard InChI is InChI=1S/C13H20N2O2/c1-4-10(2)13(3,17)9-15-12(16)11-5-7-14-8-6-11/h5-8,10,17H,4,9H2,1-3H3,(H,15,16). The van der Waals surface area contributed by atoms with Crippen molar-refractivity contribution < 1.29 is 9.90 Å². The highest BCUT2D eigenvalue weighted by atomic mass is 16.3. The molecule has 0 saturated heterocycles. The first-order chi connectivity index (χ1) is 7.97. The molecule has 1 aromatic rings. The summed E-state index contributed by atoms with van der Waals surface area (Å²) in [6.45, 7) is 5.99. The van der Waals surface area contributed by atoms with E-state index in [1.165, 1.54) is 0 Å². The summed E-state index contributed by atoms with van der Waals surface area (Å²) in [6.07, 6.45) is 4.02. The van der Waals surface area contributed by atoms with Crippen molar-refractivity contribution in [1.82, 2.24) is 10.3 Å². The van der Waals surface area contributed by atoms with E-state index in [0.29, 0.717) is 5.56 Å². The quantitative estimate of drug-likeness (QED) is 0.816. The molecule has 0 fully saturated rings. The van der Waals surface area contributed by atoms with E-state index in [9.17, 15) is 9.90 Å². The fourth-order valence-corrected chi connectivity index (χ4v) is 1.48. The highest BCUT2D eigenvalue weighted by Crippen LogP contribution is 2.18. The minimum atomic E-state index is -0.878. The Hall–Kier alpha value is -1.42. The van der Waals surface area contributed by atoms with Crippen molar-refractivity contribution in [2.75, 3.05) is 6.54 Å². The normalized spacial score (nSPS) is 16.0. The van der Waals surface area contributed by atoms with Crippen molar-refractivity contribution in [3.8, 4) is 0 Å². The zero-order chi connectivity index (χ0) is 12.9. The minimum Gasteiger partial charge on any atom is -0.388 e. The monoisotopic (exact) mass is 236 g/mol. The number of amides is 1. The molecule has 1 heterocycles. The summed E-state index contributed by atoms with van der Waals surface area (Å²) < 4.78 is 0. The lowest BCUT2D eigenvalue weighted by Gasteiger charge is -2.29. The average molecular weight is 236 g/mol. The molecule has 1 amide bonds. The number of aliphatic hydroxyl groups is 1. The molecule has 0 saturated carbocycles. The molecular weight excluding hydrogens is 216 g/mol. The largest absolute Gasteiger partial charge is 0.388 e. The fourth-order valence-electron chi connectivity index (χ4n) is 1.48. The van der Waals surface area contributed by atoms with Crippen LogP contribution in [0.1, 0.15) is 37.6 Å². The molecule has 17 heavy (non-hydrogen) atoms. The Bertz CT molecular complexity index is 363. The van der Waals surface area contributed by atoms with Crippen molar-refractivity contribution in [2.45, 2.75) is 32.8 Å². The Morgan fingerprint density at radius 3 is 2.65 bits per heavy atom. The number of nitrogens with zero attached hydrogens (tertiary/aromatic N) is 1. The van der Waals surface area contributed by atoms with Crippen LogP contribution >= 0.6 is 0 Å². The number of hydrogen-bond acceptors (Lipinski definition) is 3. The number of nitrogens with one attached hydrogen (secondary N) is 1. The lowest BCUT2D eigenvalue weighted by atomic mass is 9.88. The van der Waals surface area contributed by atoms with Gasteiger partial charge in [0.15, 0.2) is 0 Å². The summed E-state index contributed by atoms with van der Waals surface area (Å²) >= 11 is 0. The van der Waals surface area contributed by atoms with Gasteiger partial charge in [-0.25, -0.2) is 0 Å². The SMILES string of the molecule is CCC(C)C(C)(O)CNC(=O)c1ccncc1. The van der Waals surface area contributed by atoms with Gasteiger partial charge < -0.3 is 10.4 Å². The predicted octanol–water partition coefficient (Wildman–Crippen LogP) is 1.61. The van der Waals surface area contributed by atoms with Gasteiger partial charge in [0.2, 0.25) is 0 Å². The van der Waals surface area contributed by atoms with Gasteiger partial charge in [-0.15, -0.1) is 0 Å². The van der Waals surface area contributed by atoms with Crippen molar-refractivity contribution in [1.29, 1.82) is 0 Å². The summed E-state index contributed by atoms with van der Waals surface area (Å²) in [5.74, 6) is -0.0452. The Morgan fingerprint density at radius 1 is 1.53 bits per heavy atom. The van der Waals surface area contributed by atoms with Crippen LogP contribution in [0.3, 0.4) is 0 Å². The van der Waals surface area contributed by atoms with Crippen LogP contribution in [0.2, 0.25) is 0 Å². The molecule has 4 heteroatoms. The number of hydrogen-bond donors (Lipinski definition) is 2. The van der Waals surface area contributed by atoms with Gasteiger partial charge in [-0.05, 0) is 25.0 Å². The Kier molecular flexibility index (Phi) is 4.63. The van der Waals surface area contributed by atoms with E-state index in [2.05, 4.69) is 10.3 Å². The molecular formula is C13H20N2O2. The third-order valence-corrected chi connectivity index (χ3v) is 3.22. The van der Waals surface area contributed by atoms with Crippen LogP contribution in [-0.2, 0) is 0 Å². The van der Waals surface area contributed by atoms with Gasteiger partial charge in [-0.2, -0.15) is 0 Å². The maximum atomic E-state index is 11.8. The first-order valence-electron chi connectivity index (χ1n) is 5.88. The summed E-state index contributed by atoms with van der Waals surface area (Å²) in [4.78, 5) is 15.6. The molecule has 2 unspecified atom stereocenters. The highest BCUT2D eigenvalue weighted by Gasteiger charge is 2.27. The van der Waals surface area contributed by atoms with Crippen LogP contribution in [0, 0.1) is 5.92 Å². The van der Waals surface area contributed by atoms with Gasteiger partial charge in [0, 0.05) is 24.5 Å². The van der Waals surface area contributed by atoms with E-state index in [0.717, 1.165) is 6.42 Å². The maximum absolute atomic E-state index is 11.8. The lowest BCUT2D eigenvalue weighted by Crippen LogP contribution is -2.45. The molecule has 1 aromatic heterocycles. The summed E-state index contributed by atoms with van der Waals surface area (Å²) in [7, 11) is 0. The van der Waals surface area contributed by atoms with Crippen molar-refractivity contribution in [2.24, 2.45) is 5.92 Å². The van der Waals surface area contributed by atoms with Crippen LogP contribution in [0.15, 0.2) is 24.5 Å². The lowest BCUT2D eigenvalue weighted by molar-refractivity contribution is 0.00592. The zero-order valence-electron chi connectivity index (χ0n) is 10.6. The van der Waals surface area contributed by atoms with Crippen molar-refractivity contribution >= 4 is 5.91 Å². The van der Waals surface area contributed by atoms with Crippen LogP contribution in [-0.4, -0.2) is 28.1 Å². The molecule has 4 nitrogen and oxygen atoms in total. The topological polar surface area (TPSA) is 62.2 Å². The second-order valence-electron chi connectivity index (χ2n) is 4.59. The maximum Gasteiger partial charge on any atom is 0.251 e. The molecule has 1 rings (SSSR count). The second-order valence-corrected chi connectivity index (χ2v) is 4.59. The average Bonchev–Trinajstić information content (AvgIpc) is 2.36. The van der Waals surface area contributed by atoms with E-state index >= 15 is 0 Å². The smallest absolute Gasteiger partial charge is 0.251 e. The van der Waals surface area contributed by atoms with Crippen LogP contribution < -0.4 is 5.32 Å². The van der Waals surface area contributed by atoms with Gasteiger partial charge >= 0.3 is 0 Å². The number of rotatable bonds is 5. The highest BCUT2D eigenvalue weighted by molar-refractivity contribution is 5.93. The third kappa shape index (κ3) is 3.82. The number of carbonyl (C=O) groups is 1. The number of aromatic nitrogens is 1. The molecule has 0 bridgehead atoms. The molecule has 0 aliphatic rings. The first-order valence-corrected chi connectivity index (χ1v) is 5.88. The van der Waals surface area contributed by atoms with E-state index < -0.39 is 5.60 Å². The predicted molar refractivity (Wildman–Crippen MR) is 66.6 cm³/mol. The molecule has 0 aliphatic heterocycles. The fraction of sp³-hybridized carbons (Fsp3) is 0.538. The Morgan fingerprint density at radius 2 is 2.12 bits per heavy atom. The van der Waals surface area contributed by atoms with Crippen molar-refractivity contribution in [3.05, 3.63) is 30.1 Å². The third-order valence-electron chi connectivity index (χ3n) is 3.22. The molecule has 0 aliphatic carbocycles. The number of pyridine rings is 1. The minimum absolute atomic E-state index is 0.139. The molecule has 2 N–H and O–H groups in total. The van der Waals surface area contributed by atoms with Crippen LogP contribution in [0.4, 0.5) is 0 Å². The van der Waals surface area contributed by atoms with E-state index in [4.69, 9.17) is 0 Å². The Labute approximate surface area is 102 Å². The van der Waals surface area contributed by atoms with E-state index in [-0.39, 0.29) is 18.4 Å². The van der Waals surface area contributed by atoms with Gasteiger partial charge in [0.05, 0.1) is 5.60 Å². The van der Waals surface area contributed by atoms with Gasteiger partial charge in [-0.3, -0.25) is 9.78 Å². The molecule has 94 valence electrons. The molecule has 0 radical (unpaired) electrons. The van der Waals surface area contributed by atoms with Crippen LogP contribution in [0.5, 0.6) is 0 Å². The zero-order valence-corrected chi connectivity index (χ0v) is 10.6. The first kappa shape index (κ1) is 13.6. The van der Waals surface area contributed by atoms with Gasteiger partial charge in [-0.1, -0.05) is 20.3 Å². The molecule has 2 atom stereocenters. The van der Waals surface area contributed by atoms with E-state index in [1.807, 2.05) is 13.8 Å². The Balaban J connectivity index is 2.54. The number of carbonyl (C=O) groups excluding carboxylic acids is 1. The van der Waals surface area contributed by atoms with Gasteiger partial charge in [0.25, 0.3) is 5.91 Å². The second kappa shape index (κ2) is 5.77. The summed E-state index contributed by atoms with van der Waals surface area (Å²) in [5, 5.41) is 12.9.